The lowest BCUT2D eigenvalue weighted by atomic mass is 10.2. The van der Waals surface area contributed by atoms with Gasteiger partial charge in [0.05, 0.1) is 12.1 Å². The van der Waals surface area contributed by atoms with Crippen molar-refractivity contribution in [3.05, 3.63) is 34.6 Å². The maximum atomic E-state index is 10.9. The van der Waals surface area contributed by atoms with E-state index in [1.54, 1.807) is 6.26 Å². The molecule has 20 heavy (non-hydrogen) atoms. The molecule has 0 bridgehead atoms. The van der Waals surface area contributed by atoms with Crippen LogP contribution in [0.3, 0.4) is 0 Å². The van der Waals surface area contributed by atoms with Crippen molar-refractivity contribution in [3.63, 3.8) is 0 Å². The quantitative estimate of drug-likeness (QED) is 0.770. The lowest BCUT2D eigenvalue weighted by Gasteiger charge is -2.00. The topological polar surface area (TPSA) is 68.0 Å². The number of nitrogens with zero attached hydrogens (tertiary/aromatic N) is 2. The van der Waals surface area contributed by atoms with Crippen LogP contribution in [0.5, 0.6) is 0 Å². The van der Waals surface area contributed by atoms with Crippen molar-refractivity contribution >= 4 is 26.7 Å². The molecule has 0 saturated heterocycles. The number of benzene rings is 1. The third kappa shape index (κ3) is 4.50. The Morgan fingerprint density at radius 1 is 1.35 bits per heavy atom. The highest BCUT2D eigenvalue weighted by atomic mass is 79.9. The van der Waals surface area contributed by atoms with Gasteiger partial charge in [-0.2, -0.15) is 0 Å². The van der Waals surface area contributed by atoms with E-state index in [1.807, 2.05) is 24.3 Å². The normalized spacial score (nSPS) is 12.5. The first-order valence-electron chi connectivity index (χ1n) is 6.25. The fourth-order valence-corrected chi connectivity index (χ4v) is 2.67. The van der Waals surface area contributed by atoms with Gasteiger partial charge in [0.25, 0.3) is 0 Å². The van der Waals surface area contributed by atoms with E-state index in [-0.39, 0.29) is 0 Å². The summed E-state index contributed by atoms with van der Waals surface area (Å²) in [7, 11) is -0.734. The Hall–Kier alpha value is -1.05. The van der Waals surface area contributed by atoms with E-state index in [4.69, 9.17) is 4.42 Å². The van der Waals surface area contributed by atoms with Crippen molar-refractivity contribution in [1.82, 2.24) is 15.5 Å². The van der Waals surface area contributed by atoms with Gasteiger partial charge in [-0.05, 0) is 41.0 Å². The maximum absolute atomic E-state index is 10.9. The number of hydrogen-bond donors (Lipinski definition) is 1. The zero-order valence-electron chi connectivity index (χ0n) is 11.1. The monoisotopic (exact) mass is 357 g/mol. The Morgan fingerprint density at radius 3 is 2.90 bits per heavy atom. The van der Waals surface area contributed by atoms with Gasteiger partial charge in [-0.25, -0.2) is 0 Å². The highest BCUT2D eigenvalue weighted by molar-refractivity contribution is 9.10. The van der Waals surface area contributed by atoms with Crippen LogP contribution < -0.4 is 5.32 Å². The van der Waals surface area contributed by atoms with Gasteiger partial charge in [-0.3, -0.25) is 4.21 Å². The fraction of sp³-hybridized carbons (Fsp3) is 0.385. The zero-order valence-corrected chi connectivity index (χ0v) is 13.5. The van der Waals surface area contributed by atoms with Crippen LogP contribution in [0.2, 0.25) is 0 Å². The van der Waals surface area contributed by atoms with E-state index in [1.165, 1.54) is 0 Å². The minimum absolute atomic E-state index is 0.504. The smallest absolute Gasteiger partial charge is 0.248 e. The van der Waals surface area contributed by atoms with Gasteiger partial charge in [-0.1, -0.05) is 12.1 Å². The summed E-state index contributed by atoms with van der Waals surface area (Å²) in [5, 5.41) is 11.2. The summed E-state index contributed by atoms with van der Waals surface area (Å²) >= 11 is 3.46. The van der Waals surface area contributed by atoms with Gasteiger partial charge in [0, 0.05) is 27.3 Å². The Bertz CT molecular complexity index is 589. The second-order valence-corrected chi connectivity index (χ2v) is 6.70. The van der Waals surface area contributed by atoms with E-state index < -0.39 is 10.8 Å². The molecule has 7 heteroatoms. The molecule has 108 valence electrons. The first-order chi connectivity index (χ1) is 9.66. The largest absolute Gasteiger partial charge is 0.419 e. The number of halogens is 1. The summed E-state index contributed by atoms with van der Waals surface area (Å²) in [5.41, 5.74) is 0.882. The molecule has 0 saturated carbocycles. The van der Waals surface area contributed by atoms with E-state index in [0.29, 0.717) is 24.1 Å². The molecular weight excluding hydrogens is 342 g/mol. The highest BCUT2D eigenvalue weighted by Gasteiger charge is 2.10. The van der Waals surface area contributed by atoms with E-state index in [0.717, 1.165) is 23.0 Å². The number of nitrogens with one attached hydrogen (secondary N) is 1. The molecule has 1 aromatic carbocycles. The van der Waals surface area contributed by atoms with Crippen LogP contribution in [-0.2, 0) is 17.3 Å². The summed E-state index contributed by atoms with van der Waals surface area (Å²) in [6.07, 6.45) is 2.58. The van der Waals surface area contributed by atoms with Gasteiger partial charge >= 0.3 is 0 Å². The van der Waals surface area contributed by atoms with Crippen molar-refractivity contribution in [2.75, 3.05) is 18.6 Å². The van der Waals surface area contributed by atoms with E-state index >= 15 is 0 Å². The molecule has 2 aromatic rings. The van der Waals surface area contributed by atoms with Gasteiger partial charge in [0.1, 0.15) is 0 Å². The molecule has 1 unspecified atom stereocenters. The summed E-state index contributed by atoms with van der Waals surface area (Å²) in [6, 6.07) is 7.71. The molecule has 0 aliphatic carbocycles. The Kier molecular flexibility index (Phi) is 5.87. The van der Waals surface area contributed by atoms with Crippen LogP contribution in [0.15, 0.2) is 33.2 Å². The van der Waals surface area contributed by atoms with Crippen LogP contribution in [0.25, 0.3) is 11.5 Å². The second-order valence-electron chi connectivity index (χ2n) is 4.29. The standard InChI is InChI=1S/C13H16BrN3O2S/c1-20(18)8-4-7-15-9-12-16-17-13(19-12)10-5-2-3-6-11(10)14/h2-3,5-6,15H,4,7-9H2,1H3. The number of hydrogen-bond acceptors (Lipinski definition) is 5. The molecule has 1 aromatic heterocycles. The van der Waals surface area contributed by atoms with Crippen molar-refractivity contribution in [2.45, 2.75) is 13.0 Å². The van der Waals surface area contributed by atoms with Gasteiger partial charge in [-0.15, -0.1) is 10.2 Å². The average molecular weight is 358 g/mol. The molecule has 1 atom stereocenters. The zero-order chi connectivity index (χ0) is 14.4. The molecule has 5 nitrogen and oxygen atoms in total. The highest BCUT2D eigenvalue weighted by Crippen LogP contribution is 2.26. The maximum Gasteiger partial charge on any atom is 0.248 e. The third-order valence-electron chi connectivity index (χ3n) is 2.63. The predicted molar refractivity (Wildman–Crippen MR) is 82.7 cm³/mol. The molecule has 0 fully saturated rings. The summed E-state index contributed by atoms with van der Waals surface area (Å²) in [4.78, 5) is 0. The predicted octanol–water partition coefficient (Wildman–Crippen LogP) is 2.36. The summed E-state index contributed by atoms with van der Waals surface area (Å²) in [6.45, 7) is 1.31. The molecule has 0 aliphatic heterocycles. The van der Waals surface area contributed by atoms with Crippen LogP contribution in [0.1, 0.15) is 12.3 Å². The first kappa shape index (κ1) is 15.3. The average Bonchev–Trinajstić information content (AvgIpc) is 2.87. The van der Waals surface area contributed by atoms with E-state index in [2.05, 4.69) is 31.4 Å². The fourth-order valence-electron chi connectivity index (χ4n) is 1.66. The SMILES string of the molecule is CS(=O)CCCNCc1nnc(-c2ccccc2Br)o1. The van der Waals surface area contributed by atoms with Crippen molar-refractivity contribution in [1.29, 1.82) is 0 Å². The van der Waals surface area contributed by atoms with Crippen LogP contribution >= 0.6 is 15.9 Å². The summed E-state index contributed by atoms with van der Waals surface area (Å²) in [5.74, 6) is 1.76. The minimum atomic E-state index is -0.734. The van der Waals surface area contributed by atoms with Crippen LogP contribution in [0.4, 0.5) is 0 Å². The van der Waals surface area contributed by atoms with Crippen molar-refractivity contribution in [3.8, 4) is 11.5 Å². The number of aromatic nitrogens is 2. The van der Waals surface area contributed by atoms with Crippen molar-refractivity contribution < 1.29 is 8.63 Å². The molecular formula is C13H16BrN3O2S. The Labute approximate surface area is 128 Å². The Morgan fingerprint density at radius 2 is 2.15 bits per heavy atom. The van der Waals surface area contributed by atoms with Gasteiger partial charge in [0.15, 0.2) is 0 Å². The molecule has 1 N–H and O–H groups in total. The van der Waals surface area contributed by atoms with Gasteiger partial charge < -0.3 is 9.73 Å². The van der Waals surface area contributed by atoms with E-state index in [9.17, 15) is 4.21 Å². The summed E-state index contributed by atoms with van der Waals surface area (Å²) < 4.78 is 17.4. The van der Waals surface area contributed by atoms with Gasteiger partial charge in [0.2, 0.25) is 11.8 Å². The van der Waals surface area contributed by atoms with Crippen molar-refractivity contribution in [2.24, 2.45) is 0 Å². The molecule has 2 rings (SSSR count). The Balaban J connectivity index is 1.87. The molecule has 0 spiro atoms. The second kappa shape index (κ2) is 7.66. The lowest BCUT2D eigenvalue weighted by molar-refractivity contribution is 0.477. The molecule has 0 amide bonds. The minimum Gasteiger partial charge on any atom is -0.419 e. The van der Waals surface area contributed by atoms with Crippen LogP contribution in [0, 0.1) is 0 Å². The first-order valence-corrected chi connectivity index (χ1v) is 8.77. The number of rotatable bonds is 7. The molecule has 0 radical (unpaired) electrons. The van der Waals surface area contributed by atoms with Crippen LogP contribution in [-0.4, -0.2) is 33.0 Å². The molecule has 0 aliphatic rings. The third-order valence-corrected chi connectivity index (χ3v) is 4.19. The lowest BCUT2D eigenvalue weighted by Crippen LogP contribution is -2.16. The molecule has 1 heterocycles.